The molecule has 16 heavy (non-hydrogen) atoms. The predicted octanol–water partition coefficient (Wildman–Crippen LogP) is 2.80. The van der Waals surface area contributed by atoms with Crippen molar-refractivity contribution in [2.24, 2.45) is 5.73 Å². The normalized spacial score (nSPS) is 10.3. The number of rotatable bonds is 7. The third kappa shape index (κ3) is 5.19. The molecular weight excluding hydrogens is 225 g/mol. The maximum Gasteiger partial charge on any atom is 0.128 e. The second-order valence-corrected chi connectivity index (χ2v) is 4.09. The molecule has 4 heteroatoms. The third-order valence-electron chi connectivity index (χ3n) is 2.18. The Hall–Kier alpha value is -1.00. The molecule has 1 rings (SSSR count). The van der Waals surface area contributed by atoms with Gasteiger partial charge in [0.2, 0.25) is 0 Å². The second-order valence-electron chi connectivity index (χ2n) is 3.57. The number of unbranched alkanes of at least 4 members (excludes halogenated alkanes) is 1. The van der Waals surface area contributed by atoms with Gasteiger partial charge in [0.25, 0.3) is 0 Å². The number of halogens is 1. The molecule has 0 atom stereocenters. The van der Waals surface area contributed by atoms with Crippen LogP contribution in [0.5, 0.6) is 0 Å². The summed E-state index contributed by atoms with van der Waals surface area (Å²) in [5, 5.41) is 0. The van der Waals surface area contributed by atoms with Gasteiger partial charge < -0.3 is 10.5 Å². The highest BCUT2D eigenvalue weighted by atomic mass is 32.1. The maximum atomic E-state index is 13.2. The van der Waals surface area contributed by atoms with Crippen LogP contribution in [0.3, 0.4) is 0 Å². The van der Waals surface area contributed by atoms with E-state index in [1.54, 1.807) is 18.2 Å². The van der Waals surface area contributed by atoms with E-state index in [4.69, 9.17) is 22.7 Å². The average molecular weight is 241 g/mol. The molecule has 0 aliphatic rings. The van der Waals surface area contributed by atoms with Gasteiger partial charge in [0, 0.05) is 12.2 Å². The van der Waals surface area contributed by atoms with Crippen LogP contribution in [-0.2, 0) is 11.3 Å². The predicted molar refractivity (Wildman–Crippen MR) is 66.7 cm³/mol. The van der Waals surface area contributed by atoms with Crippen LogP contribution in [0.1, 0.15) is 24.8 Å². The molecule has 1 aromatic rings. The first-order valence-electron chi connectivity index (χ1n) is 5.29. The number of hydrogen-bond acceptors (Lipinski definition) is 2. The third-order valence-corrected chi connectivity index (χ3v) is 2.38. The van der Waals surface area contributed by atoms with Gasteiger partial charge in [-0.25, -0.2) is 4.39 Å². The first-order valence-corrected chi connectivity index (χ1v) is 5.70. The number of nitrogens with two attached hydrogens (primary N) is 1. The molecule has 0 spiro atoms. The highest BCUT2D eigenvalue weighted by Crippen LogP contribution is 2.08. The molecule has 0 aliphatic heterocycles. The summed E-state index contributed by atoms with van der Waals surface area (Å²) in [6.07, 6.45) is 2.57. The Morgan fingerprint density at radius 3 is 2.75 bits per heavy atom. The van der Waals surface area contributed by atoms with Crippen molar-refractivity contribution in [1.29, 1.82) is 0 Å². The fraction of sp³-hybridized carbons (Fsp3) is 0.417. The molecule has 2 N–H and O–H groups in total. The highest BCUT2D eigenvalue weighted by molar-refractivity contribution is 7.80. The fourth-order valence-electron chi connectivity index (χ4n) is 1.30. The van der Waals surface area contributed by atoms with Gasteiger partial charge >= 0.3 is 0 Å². The van der Waals surface area contributed by atoms with E-state index in [1.807, 2.05) is 0 Å². The van der Waals surface area contributed by atoms with Crippen molar-refractivity contribution < 1.29 is 9.13 Å². The smallest absolute Gasteiger partial charge is 0.128 e. The minimum Gasteiger partial charge on any atom is -0.393 e. The van der Waals surface area contributed by atoms with Crippen LogP contribution in [0, 0.1) is 5.82 Å². The monoisotopic (exact) mass is 241 g/mol. The summed E-state index contributed by atoms with van der Waals surface area (Å²) in [6, 6.07) is 6.63. The Balaban J connectivity index is 2.12. The summed E-state index contributed by atoms with van der Waals surface area (Å²) in [5.41, 5.74) is 5.95. The minimum absolute atomic E-state index is 0.217. The van der Waals surface area contributed by atoms with Gasteiger partial charge in [-0.1, -0.05) is 30.4 Å². The summed E-state index contributed by atoms with van der Waals surface area (Å²) in [6.45, 7) is 0.927. The van der Waals surface area contributed by atoms with Crippen molar-refractivity contribution in [2.75, 3.05) is 6.61 Å². The van der Waals surface area contributed by atoms with E-state index in [0.717, 1.165) is 19.3 Å². The van der Waals surface area contributed by atoms with Crippen molar-refractivity contribution in [2.45, 2.75) is 25.9 Å². The zero-order valence-electron chi connectivity index (χ0n) is 9.12. The van der Waals surface area contributed by atoms with Crippen LogP contribution >= 0.6 is 12.2 Å². The molecule has 0 amide bonds. The summed E-state index contributed by atoms with van der Waals surface area (Å²) in [7, 11) is 0. The van der Waals surface area contributed by atoms with Crippen LogP contribution in [0.4, 0.5) is 4.39 Å². The van der Waals surface area contributed by atoms with Crippen LogP contribution in [0.25, 0.3) is 0 Å². The largest absolute Gasteiger partial charge is 0.393 e. The van der Waals surface area contributed by atoms with E-state index in [2.05, 4.69) is 0 Å². The van der Waals surface area contributed by atoms with E-state index < -0.39 is 0 Å². The Bertz CT molecular complexity index is 344. The molecule has 0 fully saturated rings. The Kier molecular flexibility index (Phi) is 5.96. The molecular formula is C12H16FNOS. The minimum atomic E-state index is -0.217. The van der Waals surface area contributed by atoms with E-state index in [0.29, 0.717) is 23.8 Å². The van der Waals surface area contributed by atoms with Crippen LogP contribution in [0.15, 0.2) is 24.3 Å². The lowest BCUT2D eigenvalue weighted by atomic mass is 10.2. The summed E-state index contributed by atoms with van der Waals surface area (Å²) in [5.74, 6) is -0.217. The number of benzene rings is 1. The second kappa shape index (κ2) is 7.30. The standard InChI is InChI=1S/C12H16FNOS/c13-11-6-2-1-5-10(11)9-15-8-4-3-7-12(14)16/h1-2,5-6H,3-4,7-9H2,(H2,14,16). The van der Waals surface area contributed by atoms with Crippen LogP contribution in [0.2, 0.25) is 0 Å². The molecule has 0 heterocycles. The Morgan fingerprint density at radius 1 is 1.31 bits per heavy atom. The Labute approximate surface area is 101 Å². The number of thiocarbonyl (C=S) groups is 1. The van der Waals surface area contributed by atoms with Crippen molar-refractivity contribution in [3.8, 4) is 0 Å². The first kappa shape index (κ1) is 13.1. The van der Waals surface area contributed by atoms with Crippen molar-refractivity contribution in [3.63, 3.8) is 0 Å². The zero-order chi connectivity index (χ0) is 11.8. The van der Waals surface area contributed by atoms with Gasteiger partial charge in [0.15, 0.2) is 0 Å². The van der Waals surface area contributed by atoms with Gasteiger partial charge in [-0.15, -0.1) is 0 Å². The molecule has 2 nitrogen and oxygen atoms in total. The molecule has 88 valence electrons. The molecule has 0 bridgehead atoms. The summed E-state index contributed by atoms with van der Waals surface area (Å²) in [4.78, 5) is 0.536. The van der Waals surface area contributed by atoms with Gasteiger partial charge in [0.05, 0.1) is 11.6 Å². The van der Waals surface area contributed by atoms with Gasteiger partial charge in [-0.2, -0.15) is 0 Å². The summed E-state index contributed by atoms with van der Waals surface area (Å²) >= 11 is 4.75. The molecule has 0 saturated heterocycles. The number of hydrogen-bond donors (Lipinski definition) is 1. The molecule has 0 saturated carbocycles. The van der Waals surface area contributed by atoms with Crippen LogP contribution in [-0.4, -0.2) is 11.6 Å². The lowest BCUT2D eigenvalue weighted by Gasteiger charge is -2.05. The van der Waals surface area contributed by atoms with Crippen LogP contribution < -0.4 is 5.73 Å². The molecule has 1 aromatic carbocycles. The highest BCUT2D eigenvalue weighted by Gasteiger charge is 1.99. The maximum absolute atomic E-state index is 13.2. The van der Waals surface area contributed by atoms with Crippen molar-refractivity contribution in [3.05, 3.63) is 35.6 Å². The van der Waals surface area contributed by atoms with E-state index >= 15 is 0 Å². The SMILES string of the molecule is NC(=S)CCCCOCc1ccccc1F. The van der Waals surface area contributed by atoms with E-state index in [9.17, 15) is 4.39 Å². The van der Waals surface area contributed by atoms with Gasteiger partial charge in [-0.3, -0.25) is 0 Å². The zero-order valence-corrected chi connectivity index (χ0v) is 9.93. The average Bonchev–Trinajstić information content (AvgIpc) is 2.25. The summed E-state index contributed by atoms with van der Waals surface area (Å²) < 4.78 is 18.5. The lowest BCUT2D eigenvalue weighted by Crippen LogP contribution is -2.07. The number of ether oxygens (including phenoxy) is 1. The fourth-order valence-corrected chi connectivity index (χ4v) is 1.45. The molecule has 0 aliphatic carbocycles. The van der Waals surface area contributed by atoms with Gasteiger partial charge in [0.1, 0.15) is 5.82 Å². The molecule has 0 unspecified atom stereocenters. The quantitative estimate of drug-likeness (QED) is 0.589. The van der Waals surface area contributed by atoms with Crippen molar-refractivity contribution in [1.82, 2.24) is 0 Å². The Morgan fingerprint density at radius 2 is 2.06 bits per heavy atom. The van der Waals surface area contributed by atoms with E-state index in [-0.39, 0.29) is 5.82 Å². The molecule has 0 aromatic heterocycles. The van der Waals surface area contributed by atoms with Gasteiger partial charge in [-0.05, 0) is 25.3 Å². The first-order chi connectivity index (χ1) is 7.70. The lowest BCUT2D eigenvalue weighted by molar-refractivity contribution is 0.115. The van der Waals surface area contributed by atoms with E-state index in [1.165, 1.54) is 6.07 Å². The topological polar surface area (TPSA) is 35.2 Å². The van der Waals surface area contributed by atoms with Crippen molar-refractivity contribution >= 4 is 17.2 Å². The molecule has 0 radical (unpaired) electrons.